The van der Waals surface area contributed by atoms with Gasteiger partial charge in [-0.05, 0) is 77.2 Å². The van der Waals surface area contributed by atoms with Gasteiger partial charge in [0.25, 0.3) is 15.9 Å². The molecule has 4 aromatic carbocycles. The molecule has 0 radical (unpaired) electrons. The molecule has 0 aliphatic carbocycles. The molecule has 0 bridgehead atoms. The third-order valence-corrected chi connectivity index (χ3v) is 8.25. The van der Waals surface area contributed by atoms with Crippen molar-refractivity contribution >= 4 is 50.5 Å². The van der Waals surface area contributed by atoms with Crippen LogP contribution in [-0.2, 0) is 21.2 Å². The zero-order chi connectivity index (χ0) is 28.1. The minimum Gasteiger partial charge on any atom is -0.861 e. The van der Waals surface area contributed by atoms with Crippen LogP contribution in [0.1, 0.15) is 16.7 Å². The van der Waals surface area contributed by atoms with E-state index in [9.17, 15) is 18.3 Å². The Morgan fingerprint density at radius 1 is 0.878 bits per heavy atom. The maximum Gasteiger partial charge on any atom is 1.00 e. The maximum absolute atomic E-state index is 12.5. The van der Waals surface area contributed by atoms with Crippen molar-refractivity contribution in [3.05, 3.63) is 125 Å². The second kappa shape index (κ2) is 13.5. The van der Waals surface area contributed by atoms with Crippen molar-refractivity contribution in [2.75, 3.05) is 0 Å². The minimum absolute atomic E-state index is 0. The molecule has 0 unspecified atom stereocenters. The number of nitrogens with one attached hydrogen (secondary N) is 1. The summed E-state index contributed by atoms with van der Waals surface area (Å²) in [6, 6.07) is 31.0. The summed E-state index contributed by atoms with van der Waals surface area (Å²) in [7, 11) is -4.06. The summed E-state index contributed by atoms with van der Waals surface area (Å²) in [6.07, 6.45) is 1.66. The van der Waals surface area contributed by atoms with Gasteiger partial charge in [-0.1, -0.05) is 84.4 Å². The van der Waals surface area contributed by atoms with Crippen molar-refractivity contribution in [3.63, 3.8) is 0 Å². The fourth-order valence-electron chi connectivity index (χ4n) is 3.94. The van der Waals surface area contributed by atoms with Gasteiger partial charge in [0, 0.05) is 6.42 Å². The zero-order valence-electron chi connectivity index (χ0n) is 22.4. The van der Waals surface area contributed by atoms with E-state index in [-0.39, 0.29) is 46.8 Å². The molecule has 0 spiro atoms. The molecule has 0 aromatic heterocycles. The number of thioether (sulfide) groups is 1. The van der Waals surface area contributed by atoms with Gasteiger partial charge < -0.3 is 10.4 Å². The molecule has 1 heterocycles. The largest absolute Gasteiger partial charge is 1.00 e. The van der Waals surface area contributed by atoms with E-state index in [0.29, 0.717) is 21.3 Å². The van der Waals surface area contributed by atoms with Crippen molar-refractivity contribution in [2.24, 2.45) is 9.39 Å². The number of sulfonamides is 1. The Labute approximate surface area is 265 Å². The number of hydrogen-bond donors (Lipinski definition) is 1. The van der Waals surface area contributed by atoms with E-state index in [1.807, 2.05) is 67.6 Å². The number of amides is 1. The number of nitrogens with zero attached hydrogens (tertiary/aromatic N) is 2. The summed E-state index contributed by atoms with van der Waals surface area (Å²) in [5.74, 6) is -0.987. The van der Waals surface area contributed by atoms with Crippen LogP contribution < -0.4 is 40.0 Å². The molecule has 1 amide bonds. The summed E-state index contributed by atoms with van der Waals surface area (Å²) >= 11 is 1.24. The van der Waals surface area contributed by atoms with Gasteiger partial charge in [0.15, 0.2) is 5.17 Å². The molecule has 0 saturated carbocycles. The monoisotopic (exact) mass is 589 g/mol. The van der Waals surface area contributed by atoms with E-state index in [2.05, 4.69) is 14.7 Å². The Balaban J connectivity index is 0.00000387. The topological polar surface area (TPSA) is 111 Å². The molecule has 7 nitrogen and oxygen atoms in total. The molecule has 1 aliphatic rings. The van der Waals surface area contributed by atoms with Crippen molar-refractivity contribution in [2.45, 2.75) is 18.2 Å². The first-order chi connectivity index (χ1) is 19.2. The fourth-order valence-corrected chi connectivity index (χ4v) is 5.70. The standard InChI is InChI=1S/C31H25N3O4S2.Na/c1-21-7-17-27(18-8-21)40(37,38)34-29(35)20-23-11-15-26(16-12-23)32-31-33-30(36)28(39-31)19-22-9-13-25(14-10-22)24-5-3-2-4-6-24;/h2-19H,20H2,1H3,(H,34,35)(H,32,33,36);/q;+1/p-1/b28-19+;. The Kier molecular flexibility index (Phi) is 10.0. The van der Waals surface area contributed by atoms with Crippen LogP contribution in [0.2, 0.25) is 0 Å². The van der Waals surface area contributed by atoms with Gasteiger partial charge in [0.05, 0.1) is 15.5 Å². The van der Waals surface area contributed by atoms with E-state index in [1.165, 1.54) is 23.9 Å². The fraction of sp³-hybridized carbons (Fsp3) is 0.0645. The van der Waals surface area contributed by atoms with Gasteiger partial charge >= 0.3 is 29.6 Å². The Morgan fingerprint density at radius 2 is 1.51 bits per heavy atom. The SMILES string of the molecule is Cc1ccc(S(=O)(=O)/N=C(\[O-])Cc2ccc(N=C3NC(=O)/C(=C\c4ccc(-c5ccccc5)cc4)S3)cc2)cc1.[Na+]. The molecular weight excluding hydrogens is 565 g/mol. The van der Waals surface area contributed by atoms with Gasteiger partial charge in [-0.2, -0.15) is 12.8 Å². The molecule has 0 atom stereocenters. The second-order valence-corrected chi connectivity index (χ2v) is 11.7. The number of aliphatic imine (C=N–C) groups is 1. The van der Waals surface area contributed by atoms with E-state index in [0.717, 1.165) is 22.3 Å². The number of amidine groups is 1. The number of carbonyl (C=O) groups excluding carboxylic acids is 1. The van der Waals surface area contributed by atoms with E-state index in [1.54, 1.807) is 36.4 Å². The molecule has 5 rings (SSSR count). The predicted octanol–water partition coefficient (Wildman–Crippen LogP) is 2.25. The molecule has 200 valence electrons. The quantitative estimate of drug-likeness (QED) is 0.154. The van der Waals surface area contributed by atoms with Gasteiger partial charge in [-0.25, -0.2) is 4.99 Å². The van der Waals surface area contributed by atoms with E-state index >= 15 is 0 Å². The average Bonchev–Trinajstić information content (AvgIpc) is 3.28. The summed E-state index contributed by atoms with van der Waals surface area (Å²) in [6.45, 7) is 1.84. The average molecular weight is 590 g/mol. The molecule has 1 N–H and O–H groups in total. The van der Waals surface area contributed by atoms with Crippen LogP contribution in [0.25, 0.3) is 17.2 Å². The van der Waals surface area contributed by atoms with Crippen LogP contribution in [0.3, 0.4) is 0 Å². The summed E-state index contributed by atoms with van der Waals surface area (Å²) in [4.78, 5) is 17.5. The smallest absolute Gasteiger partial charge is 0.861 e. The van der Waals surface area contributed by atoms with Gasteiger partial charge in [-0.15, -0.1) is 0 Å². The zero-order valence-corrected chi connectivity index (χ0v) is 26.1. The molecule has 41 heavy (non-hydrogen) atoms. The van der Waals surface area contributed by atoms with Crippen molar-refractivity contribution in [1.29, 1.82) is 0 Å². The first-order valence-corrected chi connectivity index (χ1v) is 14.6. The maximum atomic E-state index is 12.5. The van der Waals surface area contributed by atoms with E-state index in [4.69, 9.17) is 0 Å². The Hall–Kier alpha value is -3.47. The van der Waals surface area contributed by atoms with Gasteiger partial charge in [0.2, 0.25) is 0 Å². The number of hydrogen-bond acceptors (Lipinski definition) is 6. The van der Waals surface area contributed by atoms with Crippen LogP contribution >= 0.6 is 11.8 Å². The molecule has 1 saturated heterocycles. The molecule has 4 aromatic rings. The summed E-state index contributed by atoms with van der Waals surface area (Å²) in [5.41, 5.74) is 5.21. The Morgan fingerprint density at radius 3 is 2.17 bits per heavy atom. The van der Waals surface area contributed by atoms with Gasteiger partial charge in [0.1, 0.15) is 0 Å². The summed E-state index contributed by atoms with van der Waals surface area (Å²) < 4.78 is 28.2. The first kappa shape index (κ1) is 30.5. The molecular formula is C31H24N3NaO4S2. The number of aryl methyl sites for hydroxylation is 1. The minimum atomic E-state index is -4.06. The van der Waals surface area contributed by atoms with Crippen molar-refractivity contribution in [1.82, 2.24) is 5.32 Å². The van der Waals surface area contributed by atoms with Crippen LogP contribution in [0, 0.1) is 6.92 Å². The van der Waals surface area contributed by atoms with Crippen molar-refractivity contribution < 1.29 is 47.9 Å². The molecule has 1 aliphatic heterocycles. The summed E-state index contributed by atoms with van der Waals surface area (Å²) in [5, 5.41) is 15.5. The second-order valence-electron chi connectivity index (χ2n) is 9.09. The predicted molar refractivity (Wildman–Crippen MR) is 159 cm³/mol. The molecule has 10 heteroatoms. The van der Waals surface area contributed by atoms with Crippen LogP contribution in [-0.4, -0.2) is 25.4 Å². The van der Waals surface area contributed by atoms with E-state index < -0.39 is 15.9 Å². The first-order valence-electron chi connectivity index (χ1n) is 12.4. The number of benzene rings is 4. The molecule has 1 fully saturated rings. The third-order valence-electron chi connectivity index (χ3n) is 6.03. The van der Waals surface area contributed by atoms with Crippen LogP contribution in [0.4, 0.5) is 5.69 Å². The van der Waals surface area contributed by atoms with Crippen molar-refractivity contribution in [3.8, 4) is 11.1 Å². The Bertz CT molecular complexity index is 1730. The van der Waals surface area contributed by atoms with Crippen LogP contribution in [0.15, 0.2) is 122 Å². The number of rotatable bonds is 7. The number of carbonyl (C=O) groups is 1. The van der Waals surface area contributed by atoms with Crippen LogP contribution in [0.5, 0.6) is 0 Å². The third kappa shape index (κ3) is 8.06. The van der Waals surface area contributed by atoms with Gasteiger partial charge in [-0.3, -0.25) is 4.79 Å². The normalized spacial score (nSPS) is 15.5.